The summed E-state index contributed by atoms with van der Waals surface area (Å²) in [6.45, 7) is 35.8. The number of allylic oxidation sites excluding steroid dienone is 6. The monoisotopic (exact) mass is 698 g/mol. The molecule has 230 valence electrons. The van der Waals surface area contributed by atoms with Crippen molar-refractivity contribution in [3.05, 3.63) is 82.9 Å². The number of rotatable bonds is 21. The van der Waals surface area contributed by atoms with Crippen LogP contribution in [0.4, 0.5) is 0 Å². The van der Waals surface area contributed by atoms with Crippen molar-refractivity contribution < 1.29 is 30.3 Å². The molecule has 0 radical (unpaired) electrons. The molecule has 0 atom stereocenters. The Labute approximate surface area is 282 Å². The fourth-order valence-electron chi connectivity index (χ4n) is 4.40. The van der Waals surface area contributed by atoms with Gasteiger partial charge in [-0.1, -0.05) is 55.0 Å². The van der Waals surface area contributed by atoms with Gasteiger partial charge in [-0.25, -0.2) is 0 Å². The van der Waals surface area contributed by atoms with Crippen molar-refractivity contribution in [1.82, 2.24) is 0 Å². The summed E-state index contributed by atoms with van der Waals surface area (Å²) in [5.41, 5.74) is 0. The van der Waals surface area contributed by atoms with Crippen LogP contribution in [0.25, 0.3) is 0 Å². The van der Waals surface area contributed by atoms with E-state index in [1.807, 2.05) is 20.2 Å². The molecule has 0 fully saturated rings. The second-order valence-corrected chi connectivity index (χ2v) is 28.7. The summed E-state index contributed by atoms with van der Waals surface area (Å²) in [5.74, 6) is 0. The Hall–Kier alpha value is 0.434. The molecule has 0 amide bonds. The van der Waals surface area contributed by atoms with Crippen molar-refractivity contribution in [2.75, 3.05) is 21.3 Å². The topological polar surface area (TPSA) is 27.7 Å². The maximum atomic E-state index is 5.63. The van der Waals surface area contributed by atoms with Crippen molar-refractivity contribution in [1.29, 1.82) is 0 Å². The molecule has 0 N–H and O–H groups in total. The van der Waals surface area contributed by atoms with Crippen LogP contribution in [0.3, 0.4) is 0 Å². The quantitative estimate of drug-likeness (QED) is 0.0730. The molecule has 0 aromatic carbocycles. The van der Waals surface area contributed by atoms with E-state index in [9.17, 15) is 0 Å². The van der Waals surface area contributed by atoms with Crippen molar-refractivity contribution in [3.8, 4) is 0 Å². The Kier molecular flexibility index (Phi) is 36.9. The van der Waals surface area contributed by atoms with Gasteiger partial charge in [0.2, 0.25) is 0 Å². The fraction of sp³-hybridized carbons (Fsp3) is 0.581. The van der Waals surface area contributed by atoms with Crippen LogP contribution in [-0.2, 0) is 13.3 Å². The third-order valence-electron chi connectivity index (χ3n) is 7.19. The summed E-state index contributed by atoms with van der Waals surface area (Å²) in [6, 6.07) is 10.9. The molecule has 9 heteroatoms. The smallest absolute Gasteiger partial charge is 1.00 e. The molecule has 40 heavy (non-hydrogen) atoms. The van der Waals surface area contributed by atoms with Crippen LogP contribution in [0.15, 0.2) is 75.9 Å². The zero-order valence-corrected chi connectivity index (χ0v) is 34.5. The summed E-state index contributed by atoms with van der Waals surface area (Å²) < 4.78 is 15.6. The van der Waals surface area contributed by atoms with Crippen LogP contribution in [-0.4, -0.2) is 77.4 Å². The van der Waals surface area contributed by atoms with Gasteiger partial charge in [0.15, 0.2) is 8.32 Å². The molecular formula is C31H63BrMgO3Si4. The van der Waals surface area contributed by atoms with Gasteiger partial charge in [-0.15, -0.1) is 39.5 Å². The standard InChI is InChI=1S/C15H30OSi2.C12H21Si.C4H12O2Si.BrH.Mg/c1-7-11-18(12-8-2,13-9-3)15-10-14-17(5,6)16-4;1-5-9-13(10-6-2,11-7-3)12-8-4;1-5-7(3,4)6-2;;/h7-9H,1-3,10-15H2,4-6H3;5-7H,1-4,8-12H2;1-4H3;1H;/q;-1;;;+2/p-1. The largest absolute Gasteiger partial charge is 2.00 e. The Morgan fingerprint density at radius 1 is 0.550 bits per heavy atom. The fourth-order valence-corrected chi connectivity index (χ4v) is 13.7. The third-order valence-corrected chi connectivity index (χ3v) is 21.6. The second-order valence-electron chi connectivity index (χ2n) is 11.2. The van der Waals surface area contributed by atoms with E-state index in [4.69, 9.17) is 13.3 Å². The van der Waals surface area contributed by atoms with E-state index in [2.05, 4.69) is 95.9 Å². The van der Waals surface area contributed by atoms with Crippen molar-refractivity contribution in [3.63, 3.8) is 0 Å². The number of halogens is 1. The first kappa shape index (κ1) is 50.1. The van der Waals surface area contributed by atoms with Gasteiger partial charge in [-0.3, -0.25) is 0 Å². The van der Waals surface area contributed by atoms with Gasteiger partial charge in [0.25, 0.3) is 0 Å². The van der Waals surface area contributed by atoms with Gasteiger partial charge in [0, 0.05) is 21.3 Å². The first-order chi connectivity index (χ1) is 17.8. The molecule has 0 aromatic heterocycles. The van der Waals surface area contributed by atoms with E-state index in [1.54, 1.807) is 14.2 Å². The summed E-state index contributed by atoms with van der Waals surface area (Å²) in [4.78, 5) is 0. The van der Waals surface area contributed by atoms with Crippen LogP contribution < -0.4 is 17.0 Å². The van der Waals surface area contributed by atoms with Gasteiger partial charge < -0.3 is 37.2 Å². The van der Waals surface area contributed by atoms with Crippen LogP contribution in [0.5, 0.6) is 0 Å². The Morgan fingerprint density at radius 3 is 1.05 bits per heavy atom. The van der Waals surface area contributed by atoms with Crippen molar-refractivity contribution >= 4 is 56.1 Å². The molecule has 0 aromatic rings. The molecule has 0 aliphatic carbocycles. The van der Waals surface area contributed by atoms with Gasteiger partial charge in [-0.2, -0.15) is 6.42 Å². The Morgan fingerprint density at radius 2 is 0.850 bits per heavy atom. The predicted molar refractivity (Wildman–Crippen MR) is 192 cm³/mol. The first-order valence-corrected chi connectivity index (χ1v) is 25.5. The molecule has 0 saturated carbocycles. The van der Waals surface area contributed by atoms with Gasteiger partial charge in [-0.05, 0) is 68.5 Å². The molecule has 0 bridgehead atoms. The average molecular weight is 700 g/mol. The molecule has 3 nitrogen and oxygen atoms in total. The van der Waals surface area contributed by atoms with Crippen LogP contribution in [0.1, 0.15) is 12.8 Å². The molecule has 0 saturated heterocycles. The van der Waals surface area contributed by atoms with Crippen LogP contribution >= 0.6 is 0 Å². The molecule has 0 rings (SSSR count). The van der Waals surface area contributed by atoms with Gasteiger partial charge in [0.05, 0.1) is 16.1 Å². The summed E-state index contributed by atoms with van der Waals surface area (Å²) in [7, 11) is -0.352. The summed E-state index contributed by atoms with van der Waals surface area (Å²) in [6.07, 6.45) is 14.8. The normalized spacial score (nSPS) is 11.1. The van der Waals surface area contributed by atoms with Crippen LogP contribution in [0, 0.1) is 6.92 Å². The number of hydrogen-bond acceptors (Lipinski definition) is 3. The predicted octanol–water partition coefficient (Wildman–Crippen LogP) is 7.06. The molecule has 0 aliphatic rings. The molecular weight excluding hydrogens is 637 g/mol. The zero-order chi connectivity index (χ0) is 30.1. The van der Waals surface area contributed by atoms with Gasteiger partial charge >= 0.3 is 31.6 Å². The SMILES string of the molecule is C=CC[Si](CC=C)(CC=C)CCC[Si](C)(C)OC.C=CC[Si](CC=C)(CC=C)CC[CH2-].CO[Si](C)(C)OC.[Br-].[Mg+2]. The number of hydrogen-bond donors (Lipinski definition) is 0. The maximum Gasteiger partial charge on any atom is 2.00 e. The molecule has 0 spiro atoms. The van der Waals surface area contributed by atoms with E-state index in [0.29, 0.717) is 0 Å². The van der Waals surface area contributed by atoms with Gasteiger partial charge in [0.1, 0.15) is 0 Å². The van der Waals surface area contributed by atoms with Crippen LogP contribution in [0.2, 0.25) is 80.6 Å². The molecule has 0 unspecified atom stereocenters. The summed E-state index contributed by atoms with van der Waals surface area (Å²) >= 11 is 0. The first-order valence-electron chi connectivity index (χ1n) is 13.9. The second kappa shape index (κ2) is 29.5. The Bertz CT molecular complexity index is 614. The molecule has 0 heterocycles. The van der Waals surface area contributed by atoms with Crippen molar-refractivity contribution in [2.45, 2.75) is 93.4 Å². The van der Waals surface area contributed by atoms with E-state index in [0.717, 1.165) is 6.42 Å². The minimum atomic E-state index is -1.65. The Balaban J connectivity index is -0.000000163. The van der Waals surface area contributed by atoms with E-state index >= 15 is 0 Å². The van der Waals surface area contributed by atoms with E-state index < -0.39 is 33.0 Å². The zero-order valence-electron chi connectivity index (χ0n) is 27.5. The minimum Gasteiger partial charge on any atom is -1.00 e. The minimum absolute atomic E-state index is 0. The van der Waals surface area contributed by atoms with E-state index in [1.165, 1.54) is 60.8 Å². The van der Waals surface area contributed by atoms with E-state index in [-0.39, 0.29) is 40.0 Å². The third kappa shape index (κ3) is 26.1. The summed E-state index contributed by atoms with van der Waals surface area (Å²) in [5, 5.41) is 0. The average Bonchev–Trinajstić information content (AvgIpc) is 2.86. The molecule has 0 aliphatic heterocycles. The maximum absolute atomic E-state index is 5.63. The van der Waals surface area contributed by atoms with Crippen molar-refractivity contribution in [2.24, 2.45) is 0 Å².